The van der Waals surface area contributed by atoms with E-state index in [0.717, 1.165) is 18.8 Å². The van der Waals surface area contributed by atoms with Gasteiger partial charge in [-0.2, -0.15) is 0 Å². The highest BCUT2D eigenvalue weighted by Gasteiger charge is 2.11. The molecule has 1 N–H and O–H groups in total. The molecule has 0 bridgehead atoms. The first-order valence-corrected chi connectivity index (χ1v) is 6.80. The average molecular weight is 258 g/mol. The van der Waals surface area contributed by atoms with Gasteiger partial charge in [0.1, 0.15) is 12.2 Å². The number of nitrogens with zero attached hydrogens (tertiary/aromatic N) is 3. The highest BCUT2D eigenvalue weighted by Crippen LogP contribution is 2.18. The molecule has 1 aromatic carbocycles. The summed E-state index contributed by atoms with van der Waals surface area (Å²) in [5.74, 6) is 1.55. The molecule has 0 saturated heterocycles. The van der Waals surface area contributed by atoms with Gasteiger partial charge < -0.3 is 9.88 Å². The molecule has 19 heavy (non-hydrogen) atoms. The highest BCUT2D eigenvalue weighted by atomic mass is 15.3. The summed E-state index contributed by atoms with van der Waals surface area (Å²) in [5, 5.41) is 11.5. The van der Waals surface area contributed by atoms with Crippen LogP contribution in [0.15, 0.2) is 36.7 Å². The van der Waals surface area contributed by atoms with Gasteiger partial charge in [0, 0.05) is 7.05 Å². The largest absolute Gasteiger partial charge is 0.319 e. The molecule has 4 nitrogen and oxygen atoms in total. The van der Waals surface area contributed by atoms with Gasteiger partial charge in [0.05, 0.1) is 6.04 Å². The Labute approximate surface area is 114 Å². The summed E-state index contributed by atoms with van der Waals surface area (Å²) in [6.45, 7) is 5.37. The van der Waals surface area contributed by atoms with E-state index in [1.807, 2.05) is 11.6 Å². The number of aromatic nitrogens is 3. The number of hydrogen-bond donors (Lipinski definition) is 1. The molecule has 0 saturated carbocycles. The first-order chi connectivity index (χ1) is 9.18. The molecular weight excluding hydrogens is 236 g/mol. The third-order valence-electron chi connectivity index (χ3n) is 3.53. The quantitative estimate of drug-likeness (QED) is 0.866. The van der Waals surface area contributed by atoms with Crippen molar-refractivity contribution in [3.8, 4) is 0 Å². The van der Waals surface area contributed by atoms with Crippen LogP contribution in [-0.2, 0) is 7.05 Å². The molecule has 2 rings (SSSR count). The summed E-state index contributed by atoms with van der Waals surface area (Å²) in [4.78, 5) is 0. The van der Waals surface area contributed by atoms with Crippen LogP contribution >= 0.6 is 0 Å². The fraction of sp³-hybridized carbons (Fsp3) is 0.467. The van der Waals surface area contributed by atoms with Gasteiger partial charge in [-0.1, -0.05) is 37.3 Å². The number of rotatable bonds is 6. The van der Waals surface area contributed by atoms with Crippen molar-refractivity contribution in [2.45, 2.75) is 32.2 Å². The monoisotopic (exact) mass is 258 g/mol. The van der Waals surface area contributed by atoms with Crippen LogP contribution in [-0.4, -0.2) is 21.3 Å². The van der Waals surface area contributed by atoms with E-state index in [-0.39, 0.29) is 6.04 Å². The summed E-state index contributed by atoms with van der Waals surface area (Å²) >= 11 is 0. The van der Waals surface area contributed by atoms with Crippen LogP contribution in [0.4, 0.5) is 0 Å². The molecule has 2 atom stereocenters. The van der Waals surface area contributed by atoms with Crippen LogP contribution in [0.5, 0.6) is 0 Å². The normalized spacial score (nSPS) is 14.3. The lowest BCUT2D eigenvalue weighted by atomic mass is 9.98. The van der Waals surface area contributed by atoms with Crippen molar-refractivity contribution in [3.05, 3.63) is 48.0 Å². The molecular formula is C15H22N4. The van der Waals surface area contributed by atoms with Gasteiger partial charge in [-0.15, -0.1) is 10.2 Å². The van der Waals surface area contributed by atoms with E-state index in [0.29, 0.717) is 5.92 Å². The summed E-state index contributed by atoms with van der Waals surface area (Å²) in [5.41, 5.74) is 1.40. The summed E-state index contributed by atoms with van der Waals surface area (Å²) in [6, 6.07) is 10.9. The minimum absolute atomic E-state index is 0.232. The Morgan fingerprint density at radius 2 is 1.95 bits per heavy atom. The fourth-order valence-corrected chi connectivity index (χ4v) is 2.24. The Hall–Kier alpha value is -1.68. The number of nitrogens with one attached hydrogen (secondary N) is 1. The summed E-state index contributed by atoms with van der Waals surface area (Å²) in [7, 11) is 1.97. The molecule has 2 unspecified atom stereocenters. The zero-order valence-corrected chi connectivity index (χ0v) is 11.9. The van der Waals surface area contributed by atoms with Crippen molar-refractivity contribution in [1.29, 1.82) is 0 Å². The molecule has 4 heteroatoms. The van der Waals surface area contributed by atoms with Crippen molar-refractivity contribution >= 4 is 0 Å². The molecule has 0 fully saturated rings. The zero-order valence-electron chi connectivity index (χ0n) is 11.9. The van der Waals surface area contributed by atoms with Crippen LogP contribution < -0.4 is 5.32 Å². The van der Waals surface area contributed by atoms with Gasteiger partial charge >= 0.3 is 0 Å². The van der Waals surface area contributed by atoms with Crippen LogP contribution in [0.1, 0.15) is 43.6 Å². The molecule has 1 aromatic heterocycles. The van der Waals surface area contributed by atoms with Crippen LogP contribution in [0.3, 0.4) is 0 Å². The van der Waals surface area contributed by atoms with Gasteiger partial charge in [0.25, 0.3) is 0 Å². The summed E-state index contributed by atoms with van der Waals surface area (Å²) < 4.78 is 1.96. The lowest BCUT2D eigenvalue weighted by Gasteiger charge is -2.16. The molecule has 1 heterocycles. The lowest BCUT2D eigenvalue weighted by molar-refractivity contribution is 0.501. The van der Waals surface area contributed by atoms with Gasteiger partial charge in [-0.3, -0.25) is 0 Å². The molecule has 0 aliphatic carbocycles. The van der Waals surface area contributed by atoms with Crippen LogP contribution in [0.25, 0.3) is 0 Å². The van der Waals surface area contributed by atoms with E-state index in [1.165, 1.54) is 5.56 Å². The Balaban J connectivity index is 1.79. The Bertz CT molecular complexity index is 492. The fourth-order valence-electron chi connectivity index (χ4n) is 2.24. The maximum absolute atomic E-state index is 4.12. The SMILES string of the molecule is CC(CCNC(C)c1nncn1C)c1ccccc1. The van der Waals surface area contributed by atoms with E-state index < -0.39 is 0 Å². The Morgan fingerprint density at radius 3 is 2.58 bits per heavy atom. The van der Waals surface area contributed by atoms with E-state index in [1.54, 1.807) is 6.33 Å². The van der Waals surface area contributed by atoms with Crippen LogP contribution in [0.2, 0.25) is 0 Å². The standard InChI is InChI=1S/C15H22N4/c1-12(14-7-5-4-6-8-14)9-10-16-13(2)15-18-17-11-19(15)3/h4-8,11-13,16H,9-10H2,1-3H3. The Kier molecular flexibility index (Phi) is 4.68. The Morgan fingerprint density at radius 1 is 1.21 bits per heavy atom. The third kappa shape index (κ3) is 3.64. The van der Waals surface area contributed by atoms with Gasteiger partial charge in [-0.25, -0.2) is 0 Å². The molecule has 0 aliphatic heterocycles. The van der Waals surface area contributed by atoms with Crippen molar-refractivity contribution in [1.82, 2.24) is 20.1 Å². The first kappa shape index (κ1) is 13.7. The number of benzene rings is 1. The minimum Gasteiger partial charge on any atom is -0.319 e. The van der Waals surface area contributed by atoms with Crippen LogP contribution in [0, 0.1) is 0 Å². The van der Waals surface area contributed by atoms with Gasteiger partial charge in [0.15, 0.2) is 0 Å². The highest BCUT2D eigenvalue weighted by molar-refractivity contribution is 5.18. The van der Waals surface area contributed by atoms with Crippen molar-refractivity contribution in [2.75, 3.05) is 6.54 Å². The molecule has 0 spiro atoms. The second kappa shape index (κ2) is 6.48. The minimum atomic E-state index is 0.232. The second-order valence-corrected chi connectivity index (χ2v) is 5.08. The van der Waals surface area contributed by atoms with E-state index in [2.05, 4.69) is 59.7 Å². The molecule has 2 aromatic rings. The van der Waals surface area contributed by atoms with Crippen molar-refractivity contribution < 1.29 is 0 Å². The zero-order chi connectivity index (χ0) is 13.7. The van der Waals surface area contributed by atoms with Gasteiger partial charge in [-0.05, 0) is 31.4 Å². The lowest BCUT2D eigenvalue weighted by Crippen LogP contribution is -2.23. The summed E-state index contributed by atoms with van der Waals surface area (Å²) in [6.07, 6.45) is 2.85. The topological polar surface area (TPSA) is 42.7 Å². The van der Waals surface area contributed by atoms with E-state index in [9.17, 15) is 0 Å². The third-order valence-corrected chi connectivity index (χ3v) is 3.53. The van der Waals surface area contributed by atoms with Gasteiger partial charge in [0.2, 0.25) is 0 Å². The molecule has 0 aliphatic rings. The first-order valence-electron chi connectivity index (χ1n) is 6.80. The molecule has 102 valence electrons. The van der Waals surface area contributed by atoms with E-state index in [4.69, 9.17) is 0 Å². The molecule has 0 radical (unpaired) electrons. The number of hydrogen-bond acceptors (Lipinski definition) is 3. The predicted octanol–water partition coefficient (Wildman–Crippen LogP) is 2.66. The second-order valence-electron chi connectivity index (χ2n) is 5.08. The maximum atomic E-state index is 4.12. The van der Waals surface area contributed by atoms with Crippen molar-refractivity contribution in [3.63, 3.8) is 0 Å². The van der Waals surface area contributed by atoms with Crippen molar-refractivity contribution in [2.24, 2.45) is 7.05 Å². The molecule has 0 amide bonds. The maximum Gasteiger partial charge on any atom is 0.149 e. The van der Waals surface area contributed by atoms with E-state index >= 15 is 0 Å². The number of aryl methyl sites for hydroxylation is 1. The average Bonchev–Trinajstić information content (AvgIpc) is 2.86. The smallest absolute Gasteiger partial charge is 0.149 e. The predicted molar refractivity (Wildman–Crippen MR) is 76.9 cm³/mol.